The summed E-state index contributed by atoms with van der Waals surface area (Å²) in [6, 6.07) is 0. The van der Waals surface area contributed by atoms with Crippen LogP contribution in [0.25, 0.3) is 0 Å². The maximum absolute atomic E-state index is 6.04. The van der Waals surface area contributed by atoms with E-state index in [-0.39, 0.29) is 5.54 Å². The van der Waals surface area contributed by atoms with Crippen LogP contribution in [0.2, 0.25) is 0 Å². The maximum Gasteiger partial charge on any atom is 0.0152 e. The van der Waals surface area contributed by atoms with Crippen molar-refractivity contribution >= 4 is 0 Å². The standard InChI is InChI=1S/C18H38N/c1-4-6-7-8-9-10-11-12-13-14-15-16-17-18(3,19)5-2/h3-17,19H2,1-2H3. The summed E-state index contributed by atoms with van der Waals surface area (Å²) in [6.45, 7) is 8.47. The van der Waals surface area contributed by atoms with Gasteiger partial charge in [0.25, 0.3) is 0 Å². The highest BCUT2D eigenvalue weighted by Gasteiger charge is 2.14. The molecule has 0 saturated heterocycles. The number of rotatable bonds is 14. The van der Waals surface area contributed by atoms with E-state index in [2.05, 4.69) is 20.8 Å². The summed E-state index contributed by atoms with van der Waals surface area (Å²) in [7, 11) is 0. The lowest BCUT2D eigenvalue weighted by Crippen LogP contribution is -2.35. The van der Waals surface area contributed by atoms with Crippen molar-refractivity contribution in [2.75, 3.05) is 0 Å². The van der Waals surface area contributed by atoms with E-state index < -0.39 is 0 Å². The first kappa shape index (κ1) is 19.0. The molecule has 0 aromatic carbocycles. The lowest BCUT2D eigenvalue weighted by Gasteiger charge is -2.21. The minimum atomic E-state index is -0.168. The summed E-state index contributed by atoms with van der Waals surface area (Å²) in [5.74, 6) is 0. The molecule has 0 amide bonds. The predicted molar refractivity (Wildman–Crippen MR) is 88.3 cm³/mol. The molecule has 0 rings (SSSR count). The number of hydrogen-bond acceptors (Lipinski definition) is 1. The molecular formula is C18H38N. The Bertz CT molecular complexity index is 175. The summed E-state index contributed by atoms with van der Waals surface area (Å²) in [5, 5.41) is 0. The molecule has 0 fully saturated rings. The molecule has 1 heteroatoms. The molecule has 0 saturated carbocycles. The van der Waals surface area contributed by atoms with Gasteiger partial charge in [0.15, 0.2) is 0 Å². The van der Waals surface area contributed by atoms with Gasteiger partial charge < -0.3 is 5.73 Å². The molecule has 2 N–H and O–H groups in total. The Balaban J connectivity index is 3.07. The zero-order valence-corrected chi connectivity index (χ0v) is 13.7. The third kappa shape index (κ3) is 14.2. The fourth-order valence-electron chi connectivity index (χ4n) is 2.49. The summed E-state index contributed by atoms with van der Waals surface area (Å²) in [5.41, 5.74) is 5.87. The average molecular weight is 269 g/mol. The van der Waals surface area contributed by atoms with Crippen LogP contribution in [-0.2, 0) is 0 Å². The van der Waals surface area contributed by atoms with Gasteiger partial charge in [-0.3, -0.25) is 0 Å². The van der Waals surface area contributed by atoms with Crippen LogP contribution in [-0.4, -0.2) is 5.54 Å². The second-order valence-electron chi connectivity index (χ2n) is 6.36. The van der Waals surface area contributed by atoms with Crippen molar-refractivity contribution < 1.29 is 0 Å². The second kappa shape index (κ2) is 13.0. The van der Waals surface area contributed by atoms with Gasteiger partial charge in [-0.2, -0.15) is 0 Å². The first-order valence-electron chi connectivity index (χ1n) is 8.76. The van der Waals surface area contributed by atoms with Crippen molar-refractivity contribution in [2.45, 2.75) is 109 Å². The molecule has 0 bridgehead atoms. The summed E-state index contributed by atoms with van der Waals surface area (Å²) < 4.78 is 0. The fraction of sp³-hybridized carbons (Fsp3) is 0.944. The van der Waals surface area contributed by atoms with Crippen LogP contribution < -0.4 is 5.73 Å². The fourth-order valence-corrected chi connectivity index (χ4v) is 2.49. The van der Waals surface area contributed by atoms with Gasteiger partial charge in [-0.05, 0) is 19.8 Å². The minimum absolute atomic E-state index is 0.168. The molecular weight excluding hydrogens is 230 g/mol. The summed E-state index contributed by atoms with van der Waals surface area (Å²) in [6.07, 6.45) is 18.9. The largest absolute Gasteiger partial charge is 0.325 e. The Morgan fingerprint density at radius 3 is 1.42 bits per heavy atom. The van der Waals surface area contributed by atoms with E-state index in [1.54, 1.807) is 0 Å². The Hall–Kier alpha value is -0.0400. The van der Waals surface area contributed by atoms with E-state index in [1.165, 1.54) is 77.0 Å². The highest BCUT2D eigenvalue weighted by Crippen LogP contribution is 2.16. The molecule has 1 atom stereocenters. The van der Waals surface area contributed by atoms with Crippen molar-refractivity contribution in [2.24, 2.45) is 5.73 Å². The van der Waals surface area contributed by atoms with Gasteiger partial charge in [0, 0.05) is 5.54 Å². The third-order valence-electron chi connectivity index (χ3n) is 4.23. The highest BCUT2D eigenvalue weighted by atomic mass is 14.7. The van der Waals surface area contributed by atoms with E-state index in [0.29, 0.717) is 0 Å². The topological polar surface area (TPSA) is 26.0 Å². The molecule has 0 aliphatic carbocycles. The summed E-state index contributed by atoms with van der Waals surface area (Å²) >= 11 is 0. The van der Waals surface area contributed by atoms with Gasteiger partial charge in [-0.25, -0.2) is 0 Å². The minimum Gasteiger partial charge on any atom is -0.325 e. The van der Waals surface area contributed by atoms with Crippen molar-refractivity contribution in [3.63, 3.8) is 0 Å². The van der Waals surface area contributed by atoms with E-state index in [0.717, 1.165) is 12.8 Å². The number of nitrogens with two attached hydrogens (primary N) is 1. The van der Waals surface area contributed by atoms with Crippen LogP contribution >= 0.6 is 0 Å². The quantitative estimate of drug-likeness (QED) is 0.383. The second-order valence-corrected chi connectivity index (χ2v) is 6.36. The molecule has 0 aromatic rings. The molecule has 0 heterocycles. The normalized spacial score (nSPS) is 14.5. The van der Waals surface area contributed by atoms with Crippen LogP contribution in [0, 0.1) is 6.92 Å². The zero-order valence-electron chi connectivity index (χ0n) is 13.7. The van der Waals surface area contributed by atoms with Gasteiger partial charge in [0.2, 0.25) is 0 Å². The Kier molecular flexibility index (Phi) is 12.9. The Morgan fingerprint density at radius 1 is 0.684 bits per heavy atom. The average Bonchev–Trinajstić information content (AvgIpc) is 2.40. The van der Waals surface area contributed by atoms with Crippen LogP contribution in [0.4, 0.5) is 0 Å². The van der Waals surface area contributed by atoms with Gasteiger partial charge >= 0.3 is 0 Å². The van der Waals surface area contributed by atoms with Crippen molar-refractivity contribution in [3.8, 4) is 0 Å². The van der Waals surface area contributed by atoms with Crippen molar-refractivity contribution in [1.29, 1.82) is 0 Å². The molecule has 0 aromatic heterocycles. The zero-order chi connectivity index (χ0) is 14.4. The Labute approximate surface area is 122 Å². The number of hydrogen-bond donors (Lipinski definition) is 1. The van der Waals surface area contributed by atoms with E-state index in [1.807, 2.05) is 0 Å². The van der Waals surface area contributed by atoms with Gasteiger partial charge in [0.1, 0.15) is 0 Å². The van der Waals surface area contributed by atoms with Gasteiger partial charge in [-0.1, -0.05) is 90.9 Å². The van der Waals surface area contributed by atoms with E-state index >= 15 is 0 Å². The third-order valence-corrected chi connectivity index (χ3v) is 4.23. The lowest BCUT2D eigenvalue weighted by atomic mass is 9.92. The van der Waals surface area contributed by atoms with E-state index in [9.17, 15) is 0 Å². The lowest BCUT2D eigenvalue weighted by molar-refractivity contribution is 0.433. The van der Waals surface area contributed by atoms with Gasteiger partial charge in [-0.15, -0.1) is 0 Å². The van der Waals surface area contributed by atoms with Gasteiger partial charge in [0.05, 0.1) is 0 Å². The first-order valence-corrected chi connectivity index (χ1v) is 8.76. The predicted octanol–water partition coefficient (Wildman–Crippen LogP) is 6.02. The van der Waals surface area contributed by atoms with Crippen LogP contribution in [0.15, 0.2) is 0 Å². The summed E-state index contributed by atoms with van der Waals surface area (Å²) in [4.78, 5) is 0. The van der Waals surface area contributed by atoms with Crippen LogP contribution in [0.3, 0.4) is 0 Å². The molecule has 1 radical (unpaired) electrons. The molecule has 0 aliphatic rings. The van der Waals surface area contributed by atoms with Crippen molar-refractivity contribution in [1.82, 2.24) is 0 Å². The maximum atomic E-state index is 6.04. The Morgan fingerprint density at radius 2 is 1.05 bits per heavy atom. The first-order chi connectivity index (χ1) is 9.12. The number of unbranched alkanes of at least 4 members (excludes halogenated alkanes) is 11. The van der Waals surface area contributed by atoms with Crippen molar-refractivity contribution in [3.05, 3.63) is 6.92 Å². The SMILES string of the molecule is [CH2]C(N)(CC)CCCCCCCCCCCCCC. The molecule has 1 unspecified atom stereocenters. The highest BCUT2D eigenvalue weighted by molar-refractivity contribution is 4.84. The van der Waals surface area contributed by atoms with E-state index in [4.69, 9.17) is 5.73 Å². The molecule has 115 valence electrons. The van der Waals surface area contributed by atoms with Crippen LogP contribution in [0.5, 0.6) is 0 Å². The van der Waals surface area contributed by atoms with Crippen LogP contribution in [0.1, 0.15) is 104 Å². The molecule has 1 nitrogen and oxygen atoms in total. The monoisotopic (exact) mass is 268 g/mol. The smallest absolute Gasteiger partial charge is 0.0152 e. The molecule has 19 heavy (non-hydrogen) atoms. The molecule has 0 spiro atoms. The molecule has 0 aliphatic heterocycles.